The van der Waals surface area contributed by atoms with Crippen molar-refractivity contribution >= 4 is 45.3 Å². The maximum Gasteiger partial charge on any atom is 0.255 e. The first-order valence-corrected chi connectivity index (χ1v) is 13.0. The van der Waals surface area contributed by atoms with Crippen LogP contribution in [0.3, 0.4) is 0 Å². The molecule has 0 spiro atoms. The minimum absolute atomic E-state index is 0.00951. The van der Waals surface area contributed by atoms with Crippen molar-refractivity contribution in [3.05, 3.63) is 72.1 Å². The molecule has 0 aliphatic carbocycles. The average molecular weight is 536 g/mol. The van der Waals surface area contributed by atoms with Crippen LogP contribution in [0.4, 0.5) is 17.3 Å². The zero-order valence-corrected chi connectivity index (χ0v) is 22.8. The van der Waals surface area contributed by atoms with Crippen molar-refractivity contribution in [1.29, 1.82) is 0 Å². The summed E-state index contributed by atoms with van der Waals surface area (Å²) in [6.45, 7) is 3.30. The summed E-state index contributed by atoms with van der Waals surface area (Å²) < 4.78 is 7.86. The largest absolute Gasteiger partial charge is 0.457 e. The first-order chi connectivity index (χ1) is 19.4. The van der Waals surface area contributed by atoms with Gasteiger partial charge < -0.3 is 15.0 Å². The number of nitrogens with one attached hydrogen (secondary N) is 1. The van der Waals surface area contributed by atoms with Gasteiger partial charge >= 0.3 is 0 Å². The van der Waals surface area contributed by atoms with Crippen LogP contribution < -0.4 is 15.0 Å². The molecule has 1 fully saturated rings. The number of anilines is 3. The number of likely N-dealkylation sites (N-methyl/N-ethyl adjacent to an activating group) is 1. The Labute approximate surface area is 231 Å². The fourth-order valence-corrected chi connectivity index (χ4v) is 4.68. The molecule has 1 amide bonds. The van der Waals surface area contributed by atoms with Gasteiger partial charge in [0.1, 0.15) is 34.7 Å². The third-order valence-electron chi connectivity index (χ3n) is 6.82. The van der Waals surface area contributed by atoms with Crippen molar-refractivity contribution in [2.24, 2.45) is 7.05 Å². The topological polar surface area (TPSA) is 114 Å². The van der Waals surface area contributed by atoms with Crippen LogP contribution in [0, 0.1) is 6.92 Å². The second-order valence-corrected chi connectivity index (χ2v) is 10.0. The quantitative estimate of drug-likeness (QED) is 0.303. The summed E-state index contributed by atoms with van der Waals surface area (Å²) in [4.78, 5) is 30.4. The number of aryl methyl sites for hydroxylation is 2. The van der Waals surface area contributed by atoms with Crippen molar-refractivity contribution < 1.29 is 9.53 Å². The van der Waals surface area contributed by atoms with Gasteiger partial charge in [0.05, 0.1) is 11.0 Å². The number of fused-ring (bicyclic) bond motifs is 2. The van der Waals surface area contributed by atoms with Crippen LogP contribution in [-0.4, -0.2) is 67.9 Å². The number of amides is 1. The van der Waals surface area contributed by atoms with Crippen LogP contribution in [-0.2, 0) is 11.8 Å². The fraction of sp³-hybridized carbons (Fsp3) is 0.241. The molecule has 0 saturated carbocycles. The SMILES string of the molecule is Cc1cc(Nc2ncnc3ccc(N4CC/C(=C\CN(C)C)C4=O)nc23)ccc1Oc1ccc2c(c1)nnn2C. The van der Waals surface area contributed by atoms with Crippen molar-refractivity contribution in [3.8, 4) is 11.5 Å². The molecule has 1 N–H and O–H groups in total. The molecule has 0 bridgehead atoms. The van der Waals surface area contributed by atoms with Gasteiger partial charge in [-0.15, -0.1) is 5.10 Å². The molecule has 6 rings (SSSR count). The average Bonchev–Trinajstić information content (AvgIpc) is 3.50. The van der Waals surface area contributed by atoms with Gasteiger partial charge in [-0.2, -0.15) is 0 Å². The van der Waals surface area contributed by atoms with Gasteiger partial charge in [-0.1, -0.05) is 11.3 Å². The van der Waals surface area contributed by atoms with E-state index in [1.165, 1.54) is 6.33 Å². The van der Waals surface area contributed by atoms with Crippen LogP contribution in [0.25, 0.3) is 22.1 Å². The lowest BCUT2D eigenvalue weighted by molar-refractivity contribution is -0.114. The van der Waals surface area contributed by atoms with Crippen molar-refractivity contribution in [3.63, 3.8) is 0 Å². The molecule has 11 nitrogen and oxygen atoms in total. The Morgan fingerprint density at radius 3 is 2.77 bits per heavy atom. The van der Waals surface area contributed by atoms with E-state index < -0.39 is 0 Å². The van der Waals surface area contributed by atoms with Crippen LogP contribution in [0.5, 0.6) is 11.5 Å². The Kier molecular flexibility index (Phi) is 6.56. The van der Waals surface area contributed by atoms with Crippen LogP contribution in [0.2, 0.25) is 0 Å². The van der Waals surface area contributed by atoms with E-state index >= 15 is 0 Å². The second kappa shape index (κ2) is 10.3. The van der Waals surface area contributed by atoms with E-state index in [1.54, 1.807) is 9.58 Å². The first-order valence-electron chi connectivity index (χ1n) is 13.0. The molecule has 1 aliphatic rings. The summed E-state index contributed by atoms with van der Waals surface area (Å²) in [5.74, 6) is 2.55. The highest BCUT2D eigenvalue weighted by molar-refractivity contribution is 6.08. The van der Waals surface area contributed by atoms with E-state index in [-0.39, 0.29) is 5.91 Å². The monoisotopic (exact) mass is 535 g/mol. The molecule has 5 aromatic rings. The summed E-state index contributed by atoms with van der Waals surface area (Å²) in [6.07, 6.45) is 4.19. The fourth-order valence-electron chi connectivity index (χ4n) is 4.68. The first kappa shape index (κ1) is 25.4. The van der Waals surface area contributed by atoms with E-state index in [0.717, 1.165) is 40.2 Å². The van der Waals surface area contributed by atoms with E-state index in [1.807, 2.05) is 87.6 Å². The zero-order chi connectivity index (χ0) is 27.8. The molecular weight excluding hydrogens is 506 g/mol. The third-order valence-corrected chi connectivity index (χ3v) is 6.82. The van der Waals surface area contributed by atoms with E-state index in [9.17, 15) is 4.79 Å². The van der Waals surface area contributed by atoms with Gasteiger partial charge in [0.15, 0.2) is 5.82 Å². The molecule has 0 unspecified atom stereocenters. The van der Waals surface area contributed by atoms with Gasteiger partial charge in [-0.05, 0) is 75.5 Å². The van der Waals surface area contributed by atoms with Gasteiger partial charge in [0.2, 0.25) is 0 Å². The molecule has 202 valence electrons. The number of aromatic nitrogens is 6. The Morgan fingerprint density at radius 1 is 1.07 bits per heavy atom. The Morgan fingerprint density at radius 2 is 1.95 bits per heavy atom. The number of pyridine rings is 1. The summed E-state index contributed by atoms with van der Waals surface area (Å²) >= 11 is 0. The van der Waals surface area contributed by atoms with Gasteiger partial charge in [0.25, 0.3) is 5.91 Å². The molecule has 1 aliphatic heterocycles. The van der Waals surface area contributed by atoms with Crippen molar-refractivity contribution in [2.45, 2.75) is 13.3 Å². The molecule has 0 radical (unpaired) electrons. The highest BCUT2D eigenvalue weighted by Gasteiger charge is 2.28. The lowest BCUT2D eigenvalue weighted by Crippen LogP contribution is -2.25. The minimum atomic E-state index is -0.00951. The van der Waals surface area contributed by atoms with Gasteiger partial charge in [-0.25, -0.2) is 19.6 Å². The van der Waals surface area contributed by atoms with Gasteiger partial charge in [-0.3, -0.25) is 9.69 Å². The standard InChI is InChI=1S/C29H29N9O2/c1-18-15-20(5-9-25(18)40-21-6-8-24-23(16-21)34-35-37(24)4)32-28-27-22(30-17-31-28)7-10-26(33-27)38-14-12-19(29(38)39)11-13-36(2)3/h5-11,15-17H,12-14H2,1-4H3,(H,30,31,32)/b19-11+. The molecule has 4 heterocycles. The second-order valence-electron chi connectivity index (χ2n) is 10.0. The maximum atomic E-state index is 13.0. The molecule has 3 aromatic heterocycles. The smallest absolute Gasteiger partial charge is 0.255 e. The van der Waals surface area contributed by atoms with E-state index in [4.69, 9.17) is 9.72 Å². The minimum Gasteiger partial charge on any atom is -0.457 e. The van der Waals surface area contributed by atoms with Gasteiger partial charge in [0, 0.05) is 37.5 Å². The summed E-state index contributed by atoms with van der Waals surface area (Å²) in [5.41, 5.74) is 5.57. The lowest BCUT2D eigenvalue weighted by atomic mass is 10.2. The lowest BCUT2D eigenvalue weighted by Gasteiger charge is -2.16. The highest BCUT2D eigenvalue weighted by Crippen LogP contribution is 2.31. The maximum absolute atomic E-state index is 13.0. The van der Waals surface area contributed by atoms with Crippen LogP contribution in [0.15, 0.2) is 66.5 Å². The van der Waals surface area contributed by atoms with E-state index in [0.29, 0.717) is 41.4 Å². The number of ether oxygens (including phenoxy) is 1. The number of carbonyl (C=O) groups excluding carboxylic acids is 1. The number of nitrogens with zero attached hydrogens (tertiary/aromatic N) is 8. The Balaban J connectivity index is 1.23. The molecule has 2 aromatic carbocycles. The number of rotatable bonds is 7. The molecule has 11 heteroatoms. The summed E-state index contributed by atoms with van der Waals surface area (Å²) in [7, 11) is 5.82. The number of carbonyl (C=O) groups is 1. The molecule has 0 atom stereocenters. The number of hydrogen-bond donors (Lipinski definition) is 1. The molecule has 1 saturated heterocycles. The van der Waals surface area contributed by atoms with Crippen molar-refractivity contribution in [1.82, 2.24) is 34.8 Å². The number of hydrogen-bond acceptors (Lipinski definition) is 9. The summed E-state index contributed by atoms with van der Waals surface area (Å²) in [5, 5.41) is 11.6. The predicted octanol–water partition coefficient (Wildman–Crippen LogP) is 4.38. The predicted molar refractivity (Wildman–Crippen MR) is 154 cm³/mol. The van der Waals surface area contributed by atoms with Crippen LogP contribution >= 0.6 is 0 Å². The Bertz CT molecular complexity index is 1780. The van der Waals surface area contributed by atoms with E-state index in [2.05, 4.69) is 25.6 Å². The Hall–Kier alpha value is -4.90. The summed E-state index contributed by atoms with van der Waals surface area (Å²) in [6, 6.07) is 15.2. The zero-order valence-electron chi connectivity index (χ0n) is 22.8. The normalized spacial score (nSPS) is 14.7. The molecule has 40 heavy (non-hydrogen) atoms. The van der Waals surface area contributed by atoms with Crippen LogP contribution in [0.1, 0.15) is 12.0 Å². The third kappa shape index (κ3) is 4.94. The number of benzene rings is 2. The van der Waals surface area contributed by atoms with Crippen molar-refractivity contribution in [2.75, 3.05) is 37.4 Å². The molecular formula is C29H29N9O2. The highest BCUT2D eigenvalue weighted by atomic mass is 16.5.